The number of furan rings is 1. The zero-order valence-corrected chi connectivity index (χ0v) is 13.1. The van der Waals surface area contributed by atoms with Crippen molar-refractivity contribution in [2.75, 3.05) is 5.32 Å². The molecule has 24 heavy (non-hydrogen) atoms. The zero-order valence-electron chi connectivity index (χ0n) is 12.3. The minimum Gasteiger partial charge on any atom is -0.459 e. The molecule has 9 heteroatoms. The van der Waals surface area contributed by atoms with E-state index in [1.165, 1.54) is 6.26 Å². The number of halogens is 2. The van der Waals surface area contributed by atoms with E-state index < -0.39 is 22.8 Å². The van der Waals surface area contributed by atoms with E-state index in [2.05, 4.69) is 15.5 Å². The second-order valence-corrected chi connectivity index (χ2v) is 6.02. The quantitative estimate of drug-likeness (QED) is 0.706. The molecule has 1 N–H and O–H groups in total. The highest BCUT2D eigenvalue weighted by Crippen LogP contribution is 2.27. The average Bonchev–Trinajstić information content (AvgIpc) is 3.21. The van der Waals surface area contributed by atoms with E-state index in [-0.39, 0.29) is 16.8 Å². The number of aromatic nitrogens is 2. The van der Waals surface area contributed by atoms with Crippen molar-refractivity contribution in [1.82, 2.24) is 10.2 Å². The van der Waals surface area contributed by atoms with Crippen LogP contribution in [-0.2, 0) is 4.79 Å². The molecule has 0 saturated carbocycles. The van der Waals surface area contributed by atoms with Crippen LogP contribution in [-0.4, -0.2) is 21.4 Å². The summed E-state index contributed by atoms with van der Waals surface area (Å²) in [6, 6.07) is 6.15. The van der Waals surface area contributed by atoms with E-state index in [1.54, 1.807) is 19.1 Å². The number of anilines is 1. The Morgan fingerprint density at radius 1 is 1.29 bits per heavy atom. The van der Waals surface area contributed by atoms with Crippen LogP contribution in [0.2, 0.25) is 0 Å². The molecule has 0 aliphatic carbocycles. The maximum absolute atomic E-state index is 13.5. The molecular weight excluding hydrogens is 340 g/mol. The topological polar surface area (TPSA) is 81.2 Å². The largest absolute Gasteiger partial charge is 0.459 e. The maximum atomic E-state index is 13.5. The summed E-state index contributed by atoms with van der Waals surface area (Å²) in [7, 11) is 0. The second kappa shape index (κ2) is 6.83. The Morgan fingerprint density at radius 3 is 2.88 bits per heavy atom. The summed E-state index contributed by atoms with van der Waals surface area (Å²) in [4.78, 5) is 12.1. The molecule has 0 fully saturated rings. The Balaban J connectivity index is 1.65. The van der Waals surface area contributed by atoms with Gasteiger partial charge in [-0.3, -0.25) is 4.79 Å². The molecule has 2 heterocycles. The minimum atomic E-state index is -0.722. The van der Waals surface area contributed by atoms with Gasteiger partial charge in [-0.05, 0) is 31.2 Å². The van der Waals surface area contributed by atoms with E-state index >= 15 is 0 Å². The van der Waals surface area contributed by atoms with Crippen molar-refractivity contribution in [3.8, 4) is 11.7 Å². The minimum absolute atomic E-state index is 0.156. The average molecular weight is 351 g/mol. The molecule has 2 aromatic heterocycles. The van der Waals surface area contributed by atoms with Gasteiger partial charge in [-0.1, -0.05) is 11.8 Å². The van der Waals surface area contributed by atoms with Crippen LogP contribution >= 0.6 is 11.8 Å². The fraction of sp³-hybridized carbons (Fsp3) is 0.133. The lowest BCUT2D eigenvalue weighted by atomic mass is 10.3. The van der Waals surface area contributed by atoms with Gasteiger partial charge in [0.05, 0.1) is 17.2 Å². The van der Waals surface area contributed by atoms with Gasteiger partial charge >= 0.3 is 0 Å². The third-order valence-corrected chi connectivity index (χ3v) is 3.91. The third kappa shape index (κ3) is 3.62. The van der Waals surface area contributed by atoms with Gasteiger partial charge < -0.3 is 14.2 Å². The van der Waals surface area contributed by atoms with Crippen molar-refractivity contribution in [1.29, 1.82) is 0 Å². The molecule has 1 aromatic carbocycles. The SMILES string of the molecule is C[C@H](Sc1nnc(-c2ccco2)o1)C(=O)Nc1cc(F)ccc1F. The molecule has 1 atom stereocenters. The molecule has 0 radical (unpaired) electrons. The van der Waals surface area contributed by atoms with E-state index in [9.17, 15) is 13.6 Å². The summed E-state index contributed by atoms with van der Waals surface area (Å²) in [5, 5.41) is 9.42. The van der Waals surface area contributed by atoms with Crippen molar-refractivity contribution in [3.05, 3.63) is 48.2 Å². The summed E-state index contributed by atoms with van der Waals surface area (Å²) in [5.74, 6) is -1.30. The Morgan fingerprint density at radius 2 is 2.12 bits per heavy atom. The summed E-state index contributed by atoms with van der Waals surface area (Å²) in [5.41, 5.74) is -0.228. The van der Waals surface area contributed by atoms with E-state index in [1.807, 2.05) is 0 Å². The first kappa shape index (κ1) is 16.2. The molecule has 3 aromatic rings. The highest BCUT2D eigenvalue weighted by Gasteiger charge is 2.20. The number of nitrogens with zero attached hydrogens (tertiary/aromatic N) is 2. The number of carbonyl (C=O) groups is 1. The summed E-state index contributed by atoms with van der Waals surface area (Å²) in [6.07, 6.45) is 1.47. The second-order valence-electron chi connectivity index (χ2n) is 4.72. The lowest BCUT2D eigenvalue weighted by Gasteiger charge is -2.10. The first-order valence-corrected chi connectivity index (χ1v) is 7.71. The fourth-order valence-corrected chi connectivity index (χ4v) is 2.47. The van der Waals surface area contributed by atoms with Crippen LogP contribution in [0.4, 0.5) is 14.5 Å². The highest BCUT2D eigenvalue weighted by molar-refractivity contribution is 8.00. The first-order chi connectivity index (χ1) is 11.5. The molecule has 6 nitrogen and oxygen atoms in total. The van der Waals surface area contributed by atoms with Crippen LogP contribution in [0.15, 0.2) is 50.7 Å². The lowest BCUT2D eigenvalue weighted by Crippen LogP contribution is -2.23. The van der Waals surface area contributed by atoms with Gasteiger partial charge in [0.15, 0.2) is 5.76 Å². The third-order valence-electron chi connectivity index (χ3n) is 2.97. The summed E-state index contributed by atoms with van der Waals surface area (Å²) in [6.45, 7) is 1.58. The molecule has 124 valence electrons. The standard InChI is InChI=1S/C15H11F2N3O3S/c1-8(13(21)18-11-7-9(16)4-5-10(11)17)24-15-20-19-14(23-15)12-3-2-6-22-12/h2-8H,1H3,(H,18,21)/t8-/m0/s1. The van der Waals surface area contributed by atoms with Gasteiger partial charge in [-0.15, -0.1) is 10.2 Å². The Bertz CT molecular complexity index is 852. The number of nitrogens with one attached hydrogen (secondary N) is 1. The van der Waals surface area contributed by atoms with E-state index in [0.29, 0.717) is 5.76 Å². The van der Waals surface area contributed by atoms with Gasteiger partial charge in [-0.25, -0.2) is 8.78 Å². The van der Waals surface area contributed by atoms with E-state index in [4.69, 9.17) is 8.83 Å². The highest BCUT2D eigenvalue weighted by atomic mass is 32.2. The number of rotatable bonds is 5. The van der Waals surface area contributed by atoms with Gasteiger partial charge in [0, 0.05) is 6.07 Å². The smallest absolute Gasteiger partial charge is 0.284 e. The number of hydrogen-bond donors (Lipinski definition) is 1. The first-order valence-electron chi connectivity index (χ1n) is 6.83. The monoisotopic (exact) mass is 351 g/mol. The molecule has 1 amide bonds. The number of hydrogen-bond acceptors (Lipinski definition) is 6. The molecule has 3 rings (SSSR count). The predicted molar refractivity (Wildman–Crippen MR) is 82.3 cm³/mol. The van der Waals surface area contributed by atoms with Crippen LogP contribution in [0.5, 0.6) is 0 Å². The molecular formula is C15H11F2N3O3S. The number of benzene rings is 1. The Hall–Kier alpha value is -2.68. The summed E-state index contributed by atoms with van der Waals surface area (Å²) >= 11 is 0.989. The van der Waals surface area contributed by atoms with Crippen LogP contribution in [0.1, 0.15) is 6.92 Å². The van der Waals surface area contributed by atoms with Gasteiger partial charge in [0.25, 0.3) is 11.1 Å². The van der Waals surface area contributed by atoms with Crippen molar-refractivity contribution in [2.24, 2.45) is 0 Å². The molecule has 0 bridgehead atoms. The zero-order chi connectivity index (χ0) is 17.1. The molecule has 0 saturated heterocycles. The van der Waals surface area contributed by atoms with Crippen molar-refractivity contribution >= 4 is 23.4 Å². The van der Waals surface area contributed by atoms with Crippen LogP contribution in [0, 0.1) is 11.6 Å². The maximum Gasteiger partial charge on any atom is 0.284 e. The van der Waals surface area contributed by atoms with E-state index in [0.717, 1.165) is 30.0 Å². The van der Waals surface area contributed by atoms with Gasteiger partial charge in [-0.2, -0.15) is 0 Å². The molecule has 0 aliphatic heterocycles. The number of carbonyl (C=O) groups excluding carboxylic acids is 1. The fourth-order valence-electron chi connectivity index (χ4n) is 1.79. The Kier molecular flexibility index (Phi) is 4.61. The van der Waals surface area contributed by atoms with Crippen LogP contribution in [0.25, 0.3) is 11.7 Å². The summed E-state index contributed by atoms with van der Waals surface area (Å²) < 4.78 is 37.2. The van der Waals surface area contributed by atoms with Crippen molar-refractivity contribution in [2.45, 2.75) is 17.4 Å². The van der Waals surface area contributed by atoms with Crippen molar-refractivity contribution in [3.63, 3.8) is 0 Å². The van der Waals surface area contributed by atoms with Crippen molar-refractivity contribution < 1.29 is 22.4 Å². The predicted octanol–water partition coefficient (Wildman–Crippen LogP) is 3.73. The lowest BCUT2D eigenvalue weighted by molar-refractivity contribution is -0.115. The Labute approximate surface area is 139 Å². The molecule has 0 aliphatic rings. The van der Waals surface area contributed by atoms with Crippen LogP contribution in [0.3, 0.4) is 0 Å². The van der Waals surface area contributed by atoms with Gasteiger partial charge in [0.2, 0.25) is 5.91 Å². The molecule has 0 unspecified atom stereocenters. The normalized spacial score (nSPS) is 12.1. The van der Waals surface area contributed by atoms with Crippen LogP contribution < -0.4 is 5.32 Å². The number of amides is 1. The molecule has 0 spiro atoms. The van der Waals surface area contributed by atoms with Gasteiger partial charge in [0.1, 0.15) is 11.6 Å². The number of thioether (sulfide) groups is 1.